The Morgan fingerprint density at radius 1 is 1.00 bits per heavy atom. The quantitative estimate of drug-likeness (QED) is 0.560. The minimum atomic E-state index is 0.210. The van der Waals surface area contributed by atoms with Crippen molar-refractivity contribution >= 4 is 5.96 Å². The number of rotatable bonds is 8. The molecule has 2 aromatic rings. The lowest BCUT2D eigenvalue weighted by Gasteiger charge is -2.28. The van der Waals surface area contributed by atoms with Crippen LogP contribution in [0, 0.1) is 0 Å². The first-order chi connectivity index (χ1) is 13.5. The van der Waals surface area contributed by atoms with Gasteiger partial charge in [0.2, 0.25) is 0 Å². The average molecular weight is 385 g/mol. The normalized spacial score (nSPS) is 12.6. The number of ether oxygens (including phenoxy) is 2. The van der Waals surface area contributed by atoms with Gasteiger partial charge in [0.1, 0.15) is 11.5 Å². The summed E-state index contributed by atoms with van der Waals surface area (Å²) in [6.07, 6.45) is 0. The lowest BCUT2D eigenvalue weighted by Crippen LogP contribution is -2.42. The summed E-state index contributed by atoms with van der Waals surface area (Å²) in [6, 6.07) is 16.5. The number of benzene rings is 2. The highest BCUT2D eigenvalue weighted by Gasteiger charge is 2.16. The van der Waals surface area contributed by atoms with Crippen LogP contribution in [0.25, 0.3) is 0 Å². The standard InChI is InChI=1S/C22H32N4O2/c1-23-22(26(4)16-18-9-7-8-10-21(18)28-6)24-15-20(25(2)3)17-11-13-19(27-5)14-12-17/h7-14,20H,15-16H2,1-6H3,(H,23,24). The van der Waals surface area contributed by atoms with Crippen molar-refractivity contribution in [1.29, 1.82) is 0 Å². The third-order valence-corrected chi connectivity index (χ3v) is 4.75. The molecule has 28 heavy (non-hydrogen) atoms. The highest BCUT2D eigenvalue weighted by Crippen LogP contribution is 2.21. The van der Waals surface area contributed by atoms with Crippen LogP contribution in [0.1, 0.15) is 17.2 Å². The van der Waals surface area contributed by atoms with Gasteiger partial charge in [0.05, 0.1) is 20.3 Å². The van der Waals surface area contributed by atoms with Crippen molar-refractivity contribution in [1.82, 2.24) is 15.1 Å². The highest BCUT2D eigenvalue weighted by atomic mass is 16.5. The van der Waals surface area contributed by atoms with Crippen LogP contribution in [-0.2, 0) is 6.54 Å². The summed E-state index contributed by atoms with van der Waals surface area (Å²) >= 11 is 0. The SMILES string of the molecule is CN=C(NCC(c1ccc(OC)cc1)N(C)C)N(C)Cc1ccccc1OC. The summed E-state index contributed by atoms with van der Waals surface area (Å²) in [5, 5.41) is 3.50. The highest BCUT2D eigenvalue weighted by molar-refractivity contribution is 5.79. The Balaban J connectivity index is 2.05. The third-order valence-electron chi connectivity index (χ3n) is 4.75. The molecule has 0 radical (unpaired) electrons. The first-order valence-corrected chi connectivity index (χ1v) is 9.34. The molecule has 0 saturated heterocycles. The topological polar surface area (TPSA) is 49.3 Å². The van der Waals surface area contributed by atoms with E-state index in [1.165, 1.54) is 5.56 Å². The van der Waals surface area contributed by atoms with E-state index in [-0.39, 0.29) is 6.04 Å². The second kappa shape index (κ2) is 10.6. The molecule has 6 heteroatoms. The zero-order chi connectivity index (χ0) is 20.5. The molecular formula is C22H32N4O2. The molecule has 0 aliphatic rings. The number of methoxy groups -OCH3 is 2. The Kier molecular flexibility index (Phi) is 8.14. The molecule has 0 aromatic heterocycles. The maximum absolute atomic E-state index is 5.46. The monoisotopic (exact) mass is 384 g/mol. The zero-order valence-corrected chi connectivity index (χ0v) is 17.8. The Bertz CT molecular complexity index is 759. The van der Waals surface area contributed by atoms with Gasteiger partial charge in [0.15, 0.2) is 5.96 Å². The molecule has 0 aliphatic heterocycles. The molecule has 1 atom stereocenters. The first-order valence-electron chi connectivity index (χ1n) is 9.34. The van der Waals surface area contributed by atoms with E-state index in [2.05, 4.69) is 52.4 Å². The molecule has 0 spiro atoms. The van der Waals surface area contributed by atoms with E-state index in [0.29, 0.717) is 6.54 Å². The molecule has 152 valence electrons. The van der Waals surface area contributed by atoms with Crippen molar-refractivity contribution in [3.63, 3.8) is 0 Å². The molecule has 1 N–H and O–H groups in total. The smallest absolute Gasteiger partial charge is 0.193 e. The third kappa shape index (κ3) is 5.63. The minimum Gasteiger partial charge on any atom is -0.497 e. The lowest BCUT2D eigenvalue weighted by atomic mass is 10.1. The number of aliphatic imine (C=N–C) groups is 1. The van der Waals surface area contributed by atoms with Crippen LogP contribution in [-0.4, -0.2) is 64.7 Å². The van der Waals surface area contributed by atoms with E-state index in [1.807, 2.05) is 37.4 Å². The molecule has 0 heterocycles. The van der Waals surface area contributed by atoms with Crippen LogP contribution in [0.4, 0.5) is 0 Å². The number of hydrogen-bond acceptors (Lipinski definition) is 4. The number of guanidine groups is 1. The van der Waals surface area contributed by atoms with Crippen LogP contribution >= 0.6 is 0 Å². The number of nitrogens with one attached hydrogen (secondary N) is 1. The van der Waals surface area contributed by atoms with E-state index >= 15 is 0 Å². The minimum absolute atomic E-state index is 0.210. The second-order valence-corrected chi connectivity index (χ2v) is 6.85. The Hall–Kier alpha value is -2.73. The number of likely N-dealkylation sites (N-methyl/N-ethyl adjacent to an activating group) is 1. The van der Waals surface area contributed by atoms with Crippen molar-refractivity contribution in [3.8, 4) is 11.5 Å². The van der Waals surface area contributed by atoms with Gasteiger partial charge in [0, 0.05) is 32.7 Å². The summed E-state index contributed by atoms with van der Waals surface area (Å²) in [5.74, 6) is 2.59. The number of hydrogen-bond donors (Lipinski definition) is 1. The van der Waals surface area contributed by atoms with Gasteiger partial charge >= 0.3 is 0 Å². The van der Waals surface area contributed by atoms with E-state index < -0.39 is 0 Å². The van der Waals surface area contributed by atoms with Gasteiger partial charge in [-0.25, -0.2) is 0 Å². The fraction of sp³-hybridized carbons (Fsp3) is 0.409. The largest absolute Gasteiger partial charge is 0.497 e. The molecule has 2 aromatic carbocycles. The summed E-state index contributed by atoms with van der Waals surface area (Å²) < 4.78 is 10.7. The molecule has 6 nitrogen and oxygen atoms in total. The van der Waals surface area contributed by atoms with Gasteiger partial charge < -0.3 is 24.6 Å². The van der Waals surface area contributed by atoms with E-state index in [9.17, 15) is 0 Å². The summed E-state index contributed by atoms with van der Waals surface area (Å²) in [5.41, 5.74) is 2.34. The molecule has 0 aliphatic carbocycles. The van der Waals surface area contributed by atoms with Gasteiger partial charge in [-0.15, -0.1) is 0 Å². The van der Waals surface area contributed by atoms with Gasteiger partial charge in [-0.05, 0) is 37.9 Å². The van der Waals surface area contributed by atoms with E-state index in [1.54, 1.807) is 21.3 Å². The average Bonchev–Trinajstić information content (AvgIpc) is 2.71. The van der Waals surface area contributed by atoms with Gasteiger partial charge in [-0.2, -0.15) is 0 Å². The maximum atomic E-state index is 5.46. The lowest BCUT2D eigenvalue weighted by molar-refractivity contribution is 0.295. The molecule has 0 saturated carbocycles. The molecule has 1 unspecified atom stereocenters. The van der Waals surface area contributed by atoms with Gasteiger partial charge in [-0.3, -0.25) is 4.99 Å². The van der Waals surface area contributed by atoms with E-state index in [0.717, 1.165) is 29.6 Å². The number of para-hydroxylation sites is 1. The van der Waals surface area contributed by atoms with Crippen LogP contribution in [0.2, 0.25) is 0 Å². The maximum Gasteiger partial charge on any atom is 0.193 e. The van der Waals surface area contributed by atoms with Gasteiger partial charge in [0.25, 0.3) is 0 Å². The predicted molar refractivity (Wildman–Crippen MR) is 115 cm³/mol. The summed E-state index contributed by atoms with van der Waals surface area (Å²) in [4.78, 5) is 8.74. The number of nitrogens with zero attached hydrogens (tertiary/aromatic N) is 3. The van der Waals surface area contributed by atoms with Crippen molar-refractivity contribution < 1.29 is 9.47 Å². The molecule has 0 bridgehead atoms. The van der Waals surface area contributed by atoms with Crippen LogP contribution in [0.3, 0.4) is 0 Å². The summed E-state index contributed by atoms with van der Waals surface area (Å²) in [6.45, 7) is 1.45. The Morgan fingerprint density at radius 2 is 1.68 bits per heavy atom. The first kappa shape index (κ1) is 21.6. The van der Waals surface area contributed by atoms with Crippen LogP contribution in [0.15, 0.2) is 53.5 Å². The predicted octanol–water partition coefficient (Wildman–Crippen LogP) is 3.01. The fourth-order valence-corrected chi connectivity index (χ4v) is 3.16. The summed E-state index contributed by atoms with van der Waals surface area (Å²) in [7, 11) is 11.4. The zero-order valence-electron chi connectivity index (χ0n) is 17.8. The van der Waals surface area contributed by atoms with Crippen LogP contribution < -0.4 is 14.8 Å². The molecule has 2 rings (SSSR count). The van der Waals surface area contributed by atoms with Crippen molar-refractivity contribution in [2.24, 2.45) is 4.99 Å². The molecule has 0 amide bonds. The van der Waals surface area contributed by atoms with Crippen molar-refractivity contribution in [2.45, 2.75) is 12.6 Å². The van der Waals surface area contributed by atoms with Crippen molar-refractivity contribution in [2.75, 3.05) is 49.0 Å². The molecular weight excluding hydrogens is 352 g/mol. The van der Waals surface area contributed by atoms with Gasteiger partial charge in [-0.1, -0.05) is 30.3 Å². The van der Waals surface area contributed by atoms with Crippen LogP contribution in [0.5, 0.6) is 11.5 Å². The second-order valence-electron chi connectivity index (χ2n) is 6.85. The van der Waals surface area contributed by atoms with E-state index in [4.69, 9.17) is 9.47 Å². The Morgan fingerprint density at radius 3 is 2.25 bits per heavy atom. The molecule has 0 fully saturated rings. The fourth-order valence-electron chi connectivity index (χ4n) is 3.16. The van der Waals surface area contributed by atoms with Crippen molar-refractivity contribution in [3.05, 3.63) is 59.7 Å². The Labute approximate surface area is 168 Å².